The summed E-state index contributed by atoms with van der Waals surface area (Å²) in [5.74, 6) is 1.13. The first-order valence-electron chi connectivity index (χ1n) is 8.35. The lowest BCUT2D eigenvalue weighted by Gasteiger charge is -2.27. The van der Waals surface area contributed by atoms with Crippen molar-refractivity contribution in [1.29, 1.82) is 0 Å². The Kier molecular flexibility index (Phi) is 5.92. The molecule has 1 aliphatic rings. The Hall–Kier alpha value is -3.27. The molecule has 8 heteroatoms. The molecule has 3 rings (SSSR count). The van der Waals surface area contributed by atoms with Crippen molar-refractivity contribution < 1.29 is 19.1 Å². The first-order chi connectivity index (χ1) is 13.8. The molecule has 2 aromatic rings. The van der Waals surface area contributed by atoms with Gasteiger partial charge >= 0.3 is 6.03 Å². The molecule has 0 spiro atoms. The zero-order chi connectivity index (χ0) is 21.1. The third-order valence-electron chi connectivity index (χ3n) is 4.09. The van der Waals surface area contributed by atoms with E-state index in [1.54, 1.807) is 31.2 Å². The number of benzene rings is 2. The number of hydrogen-bond donors (Lipinski definition) is 1. The van der Waals surface area contributed by atoms with Crippen LogP contribution in [0.25, 0.3) is 6.08 Å². The maximum atomic E-state index is 13.0. The van der Waals surface area contributed by atoms with Crippen molar-refractivity contribution in [2.24, 2.45) is 0 Å². The average Bonchev–Trinajstić information content (AvgIpc) is 2.67. The monoisotopic (exact) mass is 428 g/mol. The van der Waals surface area contributed by atoms with E-state index in [0.717, 1.165) is 4.90 Å². The van der Waals surface area contributed by atoms with Gasteiger partial charge in [-0.15, -0.1) is 6.42 Å². The lowest BCUT2D eigenvalue weighted by molar-refractivity contribution is -0.122. The van der Waals surface area contributed by atoms with Crippen molar-refractivity contribution in [2.75, 3.05) is 11.5 Å². The summed E-state index contributed by atoms with van der Waals surface area (Å²) >= 11 is 12.2. The van der Waals surface area contributed by atoms with E-state index in [0.29, 0.717) is 21.9 Å². The zero-order valence-corrected chi connectivity index (χ0v) is 16.7. The molecule has 0 unspecified atom stereocenters. The molecular formula is C21H14Cl2N2O4. The predicted molar refractivity (Wildman–Crippen MR) is 111 cm³/mol. The summed E-state index contributed by atoms with van der Waals surface area (Å²) < 4.78 is 5.29. The number of anilines is 1. The molecule has 2 aromatic carbocycles. The lowest BCUT2D eigenvalue weighted by Crippen LogP contribution is -2.54. The molecule has 0 aromatic heterocycles. The second-order valence-corrected chi connectivity index (χ2v) is 6.91. The van der Waals surface area contributed by atoms with Crippen molar-refractivity contribution >= 4 is 52.8 Å². The number of imide groups is 2. The smallest absolute Gasteiger partial charge is 0.335 e. The second-order valence-electron chi connectivity index (χ2n) is 6.07. The van der Waals surface area contributed by atoms with Crippen molar-refractivity contribution in [3.63, 3.8) is 0 Å². The first kappa shape index (κ1) is 20.5. The average molecular weight is 429 g/mol. The lowest BCUT2D eigenvalue weighted by atomic mass is 10.1. The fourth-order valence-electron chi connectivity index (χ4n) is 2.71. The predicted octanol–water partition coefficient (Wildman–Crippen LogP) is 3.98. The largest absolute Gasteiger partial charge is 0.479 e. The van der Waals surface area contributed by atoms with Gasteiger partial charge in [0, 0.05) is 5.02 Å². The molecule has 0 bridgehead atoms. The Balaban J connectivity index is 1.99. The molecular weight excluding hydrogens is 415 g/mol. The number of rotatable bonds is 4. The van der Waals surface area contributed by atoms with Gasteiger partial charge in [-0.25, -0.2) is 9.69 Å². The Morgan fingerprint density at radius 3 is 2.62 bits per heavy atom. The Labute approximate surface area is 177 Å². The van der Waals surface area contributed by atoms with Gasteiger partial charge in [-0.05, 0) is 48.4 Å². The summed E-state index contributed by atoms with van der Waals surface area (Å²) in [5.41, 5.74) is 1.18. The van der Waals surface area contributed by atoms with Crippen LogP contribution in [0.2, 0.25) is 10.0 Å². The molecule has 29 heavy (non-hydrogen) atoms. The van der Waals surface area contributed by atoms with Gasteiger partial charge in [-0.1, -0.05) is 41.3 Å². The zero-order valence-electron chi connectivity index (χ0n) is 15.2. The topological polar surface area (TPSA) is 75.7 Å². The van der Waals surface area contributed by atoms with Gasteiger partial charge in [-0.2, -0.15) is 0 Å². The summed E-state index contributed by atoms with van der Waals surface area (Å²) in [6, 6.07) is 8.65. The number of nitrogens with one attached hydrogen (secondary N) is 1. The minimum absolute atomic E-state index is 0.0527. The number of carbonyl (C=O) groups is 3. The first-order valence-corrected chi connectivity index (χ1v) is 9.11. The number of urea groups is 1. The van der Waals surface area contributed by atoms with Gasteiger partial charge in [0.15, 0.2) is 0 Å². The van der Waals surface area contributed by atoms with Gasteiger partial charge in [0.2, 0.25) is 0 Å². The number of nitrogens with zero attached hydrogens (tertiary/aromatic N) is 1. The van der Waals surface area contributed by atoms with Crippen LogP contribution in [0, 0.1) is 19.3 Å². The third-order valence-corrected chi connectivity index (χ3v) is 4.62. The highest BCUT2D eigenvalue weighted by atomic mass is 35.5. The summed E-state index contributed by atoms with van der Waals surface area (Å²) in [6.45, 7) is 1.78. The normalized spacial score (nSPS) is 15.3. The van der Waals surface area contributed by atoms with E-state index in [1.807, 2.05) is 0 Å². The molecule has 1 aliphatic heterocycles. The number of hydrogen-bond acceptors (Lipinski definition) is 4. The number of amides is 4. The van der Waals surface area contributed by atoms with E-state index in [2.05, 4.69) is 11.2 Å². The molecule has 1 heterocycles. The number of barbiturate groups is 1. The van der Waals surface area contributed by atoms with E-state index in [-0.39, 0.29) is 22.9 Å². The van der Waals surface area contributed by atoms with Crippen LogP contribution in [0.15, 0.2) is 42.0 Å². The fraction of sp³-hybridized carbons (Fsp3) is 0.0952. The number of aryl methyl sites for hydroxylation is 1. The third kappa shape index (κ3) is 4.27. The molecule has 4 amide bonds. The van der Waals surface area contributed by atoms with Gasteiger partial charge in [0.1, 0.15) is 17.9 Å². The van der Waals surface area contributed by atoms with Crippen molar-refractivity contribution in [3.8, 4) is 18.1 Å². The molecule has 0 saturated carbocycles. The highest BCUT2D eigenvalue weighted by Gasteiger charge is 2.37. The van der Waals surface area contributed by atoms with E-state index in [4.69, 9.17) is 34.4 Å². The summed E-state index contributed by atoms with van der Waals surface area (Å²) in [6.07, 6.45) is 6.49. The maximum absolute atomic E-state index is 13.0. The van der Waals surface area contributed by atoms with Crippen LogP contribution >= 0.6 is 23.2 Å². The summed E-state index contributed by atoms with van der Waals surface area (Å²) in [4.78, 5) is 38.4. The summed E-state index contributed by atoms with van der Waals surface area (Å²) in [5, 5.41) is 2.78. The van der Waals surface area contributed by atoms with E-state index in [9.17, 15) is 14.4 Å². The van der Waals surface area contributed by atoms with Crippen LogP contribution in [0.3, 0.4) is 0 Å². The molecule has 0 aliphatic carbocycles. The number of terminal acetylenes is 1. The summed E-state index contributed by atoms with van der Waals surface area (Å²) in [7, 11) is 0. The van der Waals surface area contributed by atoms with Crippen LogP contribution in [-0.2, 0) is 9.59 Å². The van der Waals surface area contributed by atoms with E-state index in [1.165, 1.54) is 18.2 Å². The SMILES string of the molecule is C#CCOc1ccc(/C=C2\C(=O)NC(=O)N(c3cc(Cl)ccc3C)C2=O)cc1Cl. The van der Waals surface area contributed by atoms with Crippen LogP contribution in [-0.4, -0.2) is 24.5 Å². The fourth-order valence-corrected chi connectivity index (χ4v) is 3.12. The molecule has 0 atom stereocenters. The van der Waals surface area contributed by atoms with Gasteiger partial charge in [0.25, 0.3) is 11.8 Å². The standard InChI is InChI=1S/C21H14Cl2N2O4/c1-3-8-29-18-7-5-13(10-16(18)23)9-15-19(26)24-21(28)25(20(15)27)17-11-14(22)6-4-12(17)2/h1,4-7,9-11H,8H2,2H3,(H,24,26,28)/b15-9+. The van der Waals surface area contributed by atoms with Crippen LogP contribution in [0.1, 0.15) is 11.1 Å². The minimum Gasteiger partial charge on any atom is -0.479 e. The van der Waals surface area contributed by atoms with E-state index >= 15 is 0 Å². The van der Waals surface area contributed by atoms with Crippen molar-refractivity contribution in [2.45, 2.75) is 6.92 Å². The molecule has 1 saturated heterocycles. The van der Waals surface area contributed by atoms with E-state index < -0.39 is 17.8 Å². The molecule has 146 valence electrons. The quantitative estimate of drug-likeness (QED) is 0.453. The van der Waals surface area contributed by atoms with Gasteiger partial charge in [0.05, 0.1) is 10.7 Å². The maximum Gasteiger partial charge on any atom is 0.335 e. The Morgan fingerprint density at radius 2 is 1.93 bits per heavy atom. The molecule has 1 fully saturated rings. The number of carbonyl (C=O) groups excluding carboxylic acids is 3. The second kappa shape index (κ2) is 8.39. The van der Waals surface area contributed by atoms with Crippen LogP contribution in [0.5, 0.6) is 5.75 Å². The van der Waals surface area contributed by atoms with Crippen LogP contribution < -0.4 is 15.0 Å². The Morgan fingerprint density at radius 1 is 1.17 bits per heavy atom. The molecule has 1 N–H and O–H groups in total. The van der Waals surface area contributed by atoms with Gasteiger partial charge in [-0.3, -0.25) is 14.9 Å². The van der Waals surface area contributed by atoms with Crippen molar-refractivity contribution in [1.82, 2.24) is 5.32 Å². The van der Waals surface area contributed by atoms with Gasteiger partial charge < -0.3 is 4.74 Å². The number of ether oxygens (including phenoxy) is 1. The van der Waals surface area contributed by atoms with Crippen molar-refractivity contribution in [3.05, 3.63) is 63.1 Å². The molecule has 0 radical (unpaired) electrons. The highest BCUT2D eigenvalue weighted by Crippen LogP contribution is 2.29. The highest BCUT2D eigenvalue weighted by molar-refractivity contribution is 6.40. The molecule has 6 nitrogen and oxygen atoms in total. The Bertz CT molecular complexity index is 1100. The van der Waals surface area contributed by atoms with Crippen LogP contribution in [0.4, 0.5) is 10.5 Å². The number of halogens is 2. The minimum atomic E-state index is -0.849.